The average Bonchev–Trinajstić information content (AvgIpc) is 2.73. The van der Waals surface area contributed by atoms with E-state index in [2.05, 4.69) is 26.9 Å². The molecule has 1 aliphatic heterocycles. The van der Waals surface area contributed by atoms with E-state index in [-0.39, 0.29) is 24.7 Å². The van der Waals surface area contributed by atoms with Crippen LogP contribution in [0.4, 0.5) is 0 Å². The van der Waals surface area contributed by atoms with Gasteiger partial charge in [0.05, 0.1) is 18.5 Å². The first-order valence-electron chi connectivity index (χ1n) is 9.64. The van der Waals surface area contributed by atoms with Gasteiger partial charge in [-0.3, -0.25) is 9.78 Å². The van der Waals surface area contributed by atoms with Crippen LogP contribution < -0.4 is 0 Å². The van der Waals surface area contributed by atoms with Gasteiger partial charge in [-0.25, -0.2) is 9.97 Å². The lowest BCUT2D eigenvalue weighted by Crippen LogP contribution is -2.34. The summed E-state index contributed by atoms with van der Waals surface area (Å²) in [5, 5.41) is 10.3. The van der Waals surface area contributed by atoms with Crippen molar-refractivity contribution >= 4 is 16.7 Å². The number of carbonyl (C=O) groups is 1. The van der Waals surface area contributed by atoms with Crippen LogP contribution in [0.15, 0.2) is 42.9 Å². The Kier molecular flexibility index (Phi) is 5.41. The van der Waals surface area contributed by atoms with E-state index >= 15 is 0 Å². The molecule has 2 aromatic heterocycles. The number of likely N-dealkylation sites (tertiary alicyclic amines) is 1. The maximum atomic E-state index is 12.6. The van der Waals surface area contributed by atoms with Crippen molar-refractivity contribution in [3.05, 3.63) is 54.2 Å². The fourth-order valence-electron chi connectivity index (χ4n) is 3.69. The number of aliphatic hydroxyl groups is 1. The number of ketones is 1. The lowest BCUT2D eigenvalue weighted by atomic mass is 9.91. The smallest absolute Gasteiger partial charge is 0.143 e. The third kappa shape index (κ3) is 4.08. The van der Waals surface area contributed by atoms with Crippen molar-refractivity contribution in [1.29, 1.82) is 0 Å². The molecule has 6 heteroatoms. The Bertz CT molecular complexity index is 997. The first-order valence-corrected chi connectivity index (χ1v) is 9.64. The number of carbonyl (C=O) groups excluding carboxylic acids is 1. The van der Waals surface area contributed by atoms with Gasteiger partial charge < -0.3 is 10.0 Å². The zero-order valence-corrected chi connectivity index (χ0v) is 16.0. The normalized spacial score (nSPS) is 15.8. The molecule has 3 heterocycles. The average molecular weight is 376 g/mol. The molecule has 28 heavy (non-hydrogen) atoms. The molecule has 6 nitrogen and oxygen atoms in total. The highest BCUT2D eigenvalue weighted by atomic mass is 16.3. The molecule has 1 aliphatic rings. The summed E-state index contributed by atoms with van der Waals surface area (Å²) in [6.07, 6.45) is 7.33. The lowest BCUT2D eigenvalue weighted by Gasteiger charge is -2.27. The second-order valence-corrected chi connectivity index (χ2v) is 7.52. The van der Waals surface area contributed by atoms with E-state index in [4.69, 9.17) is 0 Å². The van der Waals surface area contributed by atoms with Crippen molar-refractivity contribution in [2.24, 2.45) is 5.92 Å². The molecule has 0 unspecified atom stereocenters. The molecule has 0 aliphatic carbocycles. The third-order valence-electron chi connectivity index (χ3n) is 5.45. The molecular formula is C22H24N4O2. The van der Waals surface area contributed by atoms with Crippen molar-refractivity contribution in [1.82, 2.24) is 19.9 Å². The van der Waals surface area contributed by atoms with Gasteiger partial charge in [0, 0.05) is 35.5 Å². The van der Waals surface area contributed by atoms with Crippen molar-refractivity contribution in [3.63, 3.8) is 0 Å². The molecule has 0 saturated carbocycles. The first kappa shape index (κ1) is 18.7. The van der Waals surface area contributed by atoms with Gasteiger partial charge in [0.2, 0.25) is 0 Å². The fourth-order valence-corrected chi connectivity index (χ4v) is 3.69. The molecule has 4 rings (SSSR count). The second-order valence-electron chi connectivity index (χ2n) is 7.52. The lowest BCUT2D eigenvalue weighted by molar-refractivity contribution is -0.123. The van der Waals surface area contributed by atoms with Gasteiger partial charge in [-0.2, -0.15) is 0 Å². The summed E-state index contributed by atoms with van der Waals surface area (Å²) >= 11 is 0. The van der Waals surface area contributed by atoms with Crippen molar-refractivity contribution < 1.29 is 9.90 Å². The molecule has 0 radical (unpaired) electrons. The molecule has 0 atom stereocenters. The molecule has 0 spiro atoms. The van der Waals surface area contributed by atoms with Gasteiger partial charge in [0.15, 0.2) is 0 Å². The number of aromatic nitrogens is 3. The Morgan fingerprint density at radius 2 is 1.96 bits per heavy atom. The standard InChI is InChI=1S/C22H24N4O2/c1-26-6-4-16(5-7-26)21(28)10-22-24-13-18-3-2-17(9-20(18)25-22)19-8-15(14-27)11-23-12-19/h2-3,8-9,11-13,16,27H,4-7,10,14H2,1H3. The third-order valence-corrected chi connectivity index (χ3v) is 5.45. The molecule has 1 saturated heterocycles. The number of pyridine rings is 1. The maximum absolute atomic E-state index is 12.6. The Hall–Kier alpha value is -2.70. The van der Waals surface area contributed by atoms with E-state index in [1.165, 1.54) is 0 Å². The summed E-state index contributed by atoms with van der Waals surface area (Å²) in [5.41, 5.74) is 3.48. The molecule has 1 fully saturated rings. The van der Waals surface area contributed by atoms with Crippen LogP contribution in [0.25, 0.3) is 22.0 Å². The predicted octanol–water partition coefficient (Wildman–Crippen LogP) is 2.64. The molecule has 1 N–H and O–H groups in total. The van der Waals surface area contributed by atoms with Crippen LogP contribution >= 0.6 is 0 Å². The van der Waals surface area contributed by atoms with E-state index in [1.807, 2.05) is 24.3 Å². The number of piperidine rings is 1. The van der Waals surface area contributed by atoms with Crippen LogP contribution in [-0.4, -0.2) is 50.9 Å². The van der Waals surface area contributed by atoms with Gasteiger partial charge in [-0.15, -0.1) is 0 Å². The zero-order valence-electron chi connectivity index (χ0n) is 16.0. The highest BCUT2D eigenvalue weighted by Gasteiger charge is 2.24. The van der Waals surface area contributed by atoms with Gasteiger partial charge in [-0.05, 0) is 56.2 Å². The van der Waals surface area contributed by atoms with Gasteiger partial charge in [-0.1, -0.05) is 12.1 Å². The number of Topliss-reactive ketones (excluding diaryl/α,β-unsaturated/α-hetero) is 1. The summed E-state index contributed by atoms with van der Waals surface area (Å²) in [6, 6.07) is 7.87. The Morgan fingerprint density at radius 3 is 2.75 bits per heavy atom. The van der Waals surface area contributed by atoms with E-state index in [0.29, 0.717) is 5.82 Å². The monoisotopic (exact) mass is 376 g/mol. The molecule has 144 valence electrons. The summed E-state index contributed by atoms with van der Waals surface area (Å²) in [4.78, 5) is 28.1. The highest BCUT2D eigenvalue weighted by molar-refractivity contribution is 5.85. The summed E-state index contributed by atoms with van der Waals surface area (Å²) in [5.74, 6) is 0.938. The number of benzene rings is 1. The van der Waals surface area contributed by atoms with Crippen LogP contribution in [0, 0.1) is 5.92 Å². The Labute approximate surface area is 164 Å². The van der Waals surface area contributed by atoms with Crippen molar-refractivity contribution in [2.75, 3.05) is 20.1 Å². The SMILES string of the molecule is CN1CCC(C(=O)Cc2ncc3ccc(-c4cncc(CO)c4)cc3n2)CC1. The number of hydrogen-bond acceptors (Lipinski definition) is 6. The Morgan fingerprint density at radius 1 is 1.14 bits per heavy atom. The number of aliphatic hydroxyl groups excluding tert-OH is 1. The molecular weight excluding hydrogens is 352 g/mol. The van der Waals surface area contributed by atoms with Gasteiger partial charge in [0.1, 0.15) is 11.6 Å². The van der Waals surface area contributed by atoms with E-state index in [1.54, 1.807) is 18.6 Å². The second kappa shape index (κ2) is 8.12. The number of rotatable bonds is 5. The molecule has 1 aromatic carbocycles. The largest absolute Gasteiger partial charge is 0.392 e. The van der Waals surface area contributed by atoms with Crippen LogP contribution in [0.3, 0.4) is 0 Å². The molecule has 0 amide bonds. The number of hydrogen-bond donors (Lipinski definition) is 1. The summed E-state index contributed by atoms with van der Waals surface area (Å²) in [6.45, 7) is 1.90. The zero-order chi connectivity index (χ0) is 19.5. The van der Waals surface area contributed by atoms with E-state index < -0.39 is 0 Å². The quantitative estimate of drug-likeness (QED) is 0.737. The number of nitrogens with zero attached hydrogens (tertiary/aromatic N) is 4. The van der Waals surface area contributed by atoms with Gasteiger partial charge >= 0.3 is 0 Å². The van der Waals surface area contributed by atoms with Crippen LogP contribution in [0.2, 0.25) is 0 Å². The minimum Gasteiger partial charge on any atom is -0.392 e. The van der Waals surface area contributed by atoms with Crippen molar-refractivity contribution in [2.45, 2.75) is 25.9 Å². The fraction of sp³-hybridized carbons (Fsp3) is 0.364. The van der Waals surface area contributed by atoms with Crippen LogP contribution in [0.5, 0.6) is 0 Å². The summed E-state index contributed by atoms with van der Waals surface area (Å²) in [7, 11) is 2.09. The highest BCUT2D eigenvalue weighted by Crippen LogP contribution is 2.24. The minimum absolute atomic E-state index is 0.0419. The summed E-state index contributed by atoms with van der Waals surface area (Å²) < 4.78 is 0. The maximum Gasteiger partial charge on any atom is 0.143 e. The van der Waals surface area contributed by atoms with E-state index in [0.717, 1.165) is 53.5 Å². The van der Waals surface area contributed by atoms with E-state index in [9.17, 15) is 9.90 Å². The van der Waals surface area contributed by atoms with Crippen LogP contribution in [-0.2, 0) is 17.8 Å². The molecule has 0 bridgehead atoms. The number of fused-ring (bicyclic) bond motifs is 1. The first-order chi connectivity index (χ1) is 13.6. The van der Waals surface area contributed by atoms with Crippen molar-refractivity contribution in [3.8, 4) is 11.1 Å². The molecule has 3 aromatic rings. The minimum atomic E-state index is -0.0419. The topological polar surface area (TPSA) is 79.2 Å². The van der Waals surface area contributed by atoms with Crippen LogP contribution in [0.1, 0.15) is 24.2 Å². The predicted molar refractivity (Wildman–Crippen MR) is 108 cm³/mol. The van der Waals surface area contributed by atoms with Gasteiger partial charge in [0.25, 0.3) is 0 Å². The Balaban J connectivity index is 1.56.